The molecule has 0 saturated carbocycles. The van der Waals surface area contributed by atoms with Gasteiger partial charge >= 0.3 is 0 Å². The van der Waals surface area contributed by atoms with Gasteiger partial charge in [-0.15, -0.1) is 10.2 Å². The van der Waals surface area contributed by atoms with E-state index in [-0.39, 0.29) is 0 Å². The van der Waals surface area contributed by atoms with Crippen LogP contribution in [-0.2, 0) is 0 Å². The van der Waals surface area contributed by atoms with E-state index in [9.17, 15) is 0 Å². The average molecular weight is 248 g/mol. The zero-order valence-corrected chi connectivity index (χ0v) is 10.5. The number of thiocarbonyl (C=S) groups is 1. The van der Waals surface area contributed by atoms with Gasteiger partial charge < -0.3 is 10.6 Å². The molecule has 0 amide bonds. The van der Waals surface area contributed by atoms with E-state index in [4.69, 9.17) is 12.2 Å². The van der Waals surface area contributed by atoms with Crippen molar-refractivity contribution in [3.05, 3.63) is 0 Å². The third-order valence-electron chi connectivity index (χ3n) is 1.23. The van der Waals surface area contributed by atoms with Crippen LogP contribution in [0.3, 0.4) is 0 Å². The van der Waals surface area contributed by atoms with Crippen molar-refractivity contribution >= 4 is 45.6 Å². The van der Waals surface area contributed by atoms with Crippen molar-refractivity contribution < 1.29 is 0 Å². The van der Waals surface area contributed by atoms with E-state index in [1.165, 1.54) is 11.3 Å². The van der Waals surface area contributed by atoms with Gasteiger partial charge in [0.15, 0.2) is 9.45 Å². The summed E-state index contributed by atoms with van der Waals surface area (Å²) in [5.41, 5.74) is 0. The number of thioether (sulfide) groups is 1. The van der Waals surface area contributed by atoms with Crippen LogP contribution < -0.4 is 10.6 Å². The summed E-state index contributed by atoms with van der Waals surface area (Å²) in [4.78, 5) is 0. The molecule has 0 aliphatic carbocycles. The van der Waals surface area contributed by atoms with Gasteiger partial charge in [-0.25, -0.2) is 0 Å². The third-order valence-corrected chi connectivity index (χ3v) is 3.33. The molecule has 4 nitrogen and oxygen atoms in total. The van der Waals surface area contributed by atoms with E-state index in [2.05, 4.69) is 27.8 Å². The molecule has 0 spiro atoms. The summed E-state index contributed by atoms with van der Waals surface area (Å²) >= 11 is 8.21. The fourth-order valence-electron chi connectivity index (χ4n) is 0.744. The van der Waals surface area contributed by atoms with Crippen molar-refractivity contribution in [2.24, 2.45) is 0 Å². The first kappa shape index (κ1) is 11.7. The predicted octanol–water partition coefficient (Wildman–Crippen LogP) is 1.96. The van der Waals surface area contributed by atoms with E-state index in [0.29, 0.717) is 5.11 Å². The van der Waals surface area contributed by atoms with Gasteiger partial charge in [0.1, 0.15) is 0 Å². The maximum Gasteiger partial charge on any atom is 0.212 e. The molecule has 78 valence electrons. The van der Waals surface area contributed by atoms with Crippen molar-refractivity contribution in [3.8, 4) is 0 Å². The van der Waals surface area contributed by atoms with Crippen molar-refractivity contribution in [2.45, 2.75) is 18.2 Å². The lowest BCUT2D eigenvalue weighted by Gasteiger charge is -2.03. The Kier molecular flexibility index (Phi) is 5.13. The highest BCUT2D eigenvalue weighted by atomic mass is 32.2. The molecule has 14 heavy (non-hydrogen) atoms. The lowest BCUT2D eigenvalue weighted by Crippen LogP contribution is -2.27. The normalized spacial score (nSPS) is 9.86. The molecular formula is C7H12N4S3. The second-order valence-corrected chi connectivity index (χ2v) is 5.19. The van der Waals surface area contributed by atoms with Crippen LogP contribution >= 0.6 is 35.3 Å². The van der Waals surface area contributed by atoms with Gasteiger partial charge in [-0.05, 0) is 24.9 Å². The highest BCUT2D eigenvalue weighted by Crippen LogP contribution is 2.24. The third kappa shape index (κ3) is 3.77. The first-order valence-electron chi connectivity index (χ1n) is 4.27. The molecule has 0 atom stereocenters. The van der Waals surface area contributed by atoms with E-state index < -0.39 is 0 Å². The Morgan fingerprint density at radius 1 is 1.50 bits per heavy atom. The van der Waals surface area contributed by atoms with Crippen LogP contribution in [0, 0.1) is 0 Å². The van der Waals surface area contributed by atoms with Crippen molar-refractivity contribution in [3.63, 3.8) is 0 Å². The Morgan fingerprint density at radius 3 is 2.93 bits per heavy atom. The molecule has 1 aromatic heterocycles. The highest BCUT2D eigenvalue weighted by Gasteiger charge is 2.04. The van der Waals surface area contributed by atoms with E-state index in [1.807, 2.05) is 6.92 Å². The van der Waals surface area contributed by atoms with Crippen LogP contribution in [0.4, 0.5) is 5.13 Å². The number of nitrogens with zero attached hydrogens (tertiary/aromatic N) is 2. The molecule has 0 aromatic carbocycles. The molecule has 0 aliphatic heterocycles. The van der Waals surface area contributed by atoms with E-state index in [1.54, 1.807) is 11.8 Å². The van der Waals surface area contributed by atoms with Crippen molar-refractivity contribution in [1.82, 2.24) is 15.5 Å². The van der Waals surface area contributed by atoms with Gasteiger partial charge in [0.25, 0.3) is 0 Å². The summed E-state index contributed by atoms with van der Waals surface area (Å²) in [5, 5.41) is 15.3. The van der Waals surface area contributed by atoms with Crippen LogP contribution in [0.1, 0.15) is 13.8 Å². The monoisotopic (exact) mass is 248 g/mol. The summed E-state index contributed by atoms with van der Waals surface area (Å²) < 4.78 is 0.967. The number of anilines is 1. The number of hydrogen-bond acceptors (Lipinski definition) is 5. The van der Waals surface area contributed by atoms with Gasteiger partial charge in [-0.2, -0.15) is 0 Å². The smallest absolute Gasteiger partial charge is 0.212 e. The Hall–Kier alpha value is -0.400. The molecule has 0 bridgehead atoms. The summed E-state index contributed by atoms with van der Waals surface area (Å²) in [7, 11) is 0. The molecule has 0 fully saturated rings. The summed E-state index contributed by atoms with van der Waals surface area (Å²) in [6, 6.07) is 0. The van der Waals surface area contributed by atoms with Gasteiger partial charge in [-0.1, -0.05) is 30.0 Å². The molecule has 0 aliphatic rings. The number of nitrogens with one attached hydrogen (secondary N) is 2. The Morgan fingerprint density at radius 2 is 2.29 bits per heavy atom. The topological polar surface area (TPSA) is 49.8 Å². The lowest BCUT2D eigenvalue weighted by atomic mass is 10.7. The van der Waals surface area contributed by atoms with E-state index in [0.717, 1.165) is 21.8 Å². The fraction of sp³-hybridized carbons (Fsp3) is 0.571. The molecule has 7 heteroatoms. The highest BCUT2D eigenvalue weighted by molar-refractivity contribution is 8.01. The molecule has 0 radical (unpaired) electrons. The second kappa shape index (κ2) is 6.15. The first-order chi connectivity index (χ1) is 6.76. The van der Waals surface area contributed by atoms with Crippen LogP contribution in [0.15, 0.2) is 4.34 Å². The van der Waals surface area contributed by atoms with Gasteiger partial charge in [0.05, 0.1) is 0 Å². The molecule has 1 aromatic rings. The van der Waals surface area contributed by atoms with Crippen molar-refractivity contribution in [2.75, 3.05) is 17.6 Å². The fourth-order valence-corrected chi connectivity index (χ4v) is 2.70. The summed E-state index contributed by atoms with van der Waals surface area (Å²) in [5.74, 6) is 1.01. The minimum atomic E-state index is 0.594. The SMILES string of the molecule is CCNC(=S)Nc1nnc(SCC)s1. The summed E-state index contributed by atoms with van der Waals surface area (Å²) in [6.07, 6.45) is 0. The maximum atomic E-state index is 5.02. The minimum Gasteiger partial charge on any atom is -0.363 e. The molecule has 2 N–H and O–H groups in total. The molecule has 0 unspecified atom stereocenters. The Balaban J connectivity index is 2.46. The van der Waals surface area contributed by atoms with Crippen molar-refractivity contribution in [1.29, 1.82) is 0 Å². The molecule has 0 saturated heterocycles. The predicted molar refractivity (Wildman–Crippen MR) is 66.2 cm³/mol. The number of hydrogen-bond donors (Lipinski definition) is 2. The zero-order chi connectivity index (χ0) is 10.4. The van der Waals surface area contributed by atoms with Gasteiger partial charge in [0.2, 0.25) is 5.13 Å². The number of rotatable bonds is 4. The van der Waals surface area contributed by atoms with Crippen LogP contribution in [0.2, 0.25) is 0 Å². The Labute approximate surface area is 96.9 Å². The largest absolute Gasteiger partial charge is 0.363 e. The van der Waals surface area contributed by atoms with Crippen LogP contribution in [0.25, 0.3) is 0 Å². The average Bonchev–Trinajstić information content (AvgIpc) is 2.53. The van der Waals surface area contributed by atoms with Crippen LogP contribution in [0.5, 0.6) is 0 Å². The van der Waals surface area contributed by atoms with Gasteiger partial charge in [0, 0.05) is 6.54 Å². The maximum absolute atomic E-state index is 5.02. The Bertz CT molecular complexity index is 299. The molecular weight excluding hydrogens is 236 g/mol. The standard InChI is InChI=1S/C7H12N4S3/c1-3-8-5(12)9-6-10-11-7(14-6)13-4-2/h3-4H2,1-2H3,(H2,8,9,10,12). The zero-order valence-electron chi connectivity index (χ0n) is 8.03. The second-order valence-electron chi connectivity index (χ2n) is 2.29. The van der Waals surface area contributed by atoms with E-state index >= 15 is 0 Å². The quantitative estimate of drug-likeness (QED) is 0.627. The number of aromatic nitrogens is 2. The minimum absolute atomic E-state index is 0.594. The lowest BCUT2D eigenvalue weighted by molar-refractivity contribution is 0.973. The molecule has 1 heterocycles. The van der Waals surface area contributed by atoms with Gasteiger partial charge in [-0.3, -0.25) is 0 Å². The summed E-state index contributed by atoms with van der Waals surface area (Å²) in [6.45, 7) is 4.89. The molecule has 1 rings (SSSR count). The van der Waals surface area contributed by atoms with Crippen LogP contribution in [-0.4, -0.2) is 27.6 Å². The first-order valence-corrected chi connectivity index (χ1v) is 6.48.